The lowest BCUT2D eigenvalue weighted by Crippen LogP contribution is -2.16. The van der Waals surface area contributed by atoms with E-state index in [1.54, 1.807) is 14.2 Å². The van der Waals surface area contributed by atoms with Crippen molar-refractivity contribution in [3.63, 3.8) is 0 Å². The Kier molecular flexibility index (Phi) is 9.23. The molecular weight excluding hydrogens is 310 g/mol. The van der Waals surface area contributed by atoms with E-state index in [0.29, 0.717) is 0 Å². The van der Waals surface area contributed by atoms with Crippen LogP contribution in [0.4, 0.5) is 0 Å². The third-order valence-corrected chi connectivity index (χ3v) is 3.86. The number of allylic oxidation sites excluding steroid dienone is 1. The van der Waals surface area contributed by atoms with E-state index in [1.165, 1.54) is 16.7 Å². The Bertz CT molecular complexity index is 655. The van der Waals surface area contributed by atoms with E-state index in [-0.39, 0.29) is 0 Å². The summed E-state index contributed by atoms with van der Waals surface area (Å²) < 4.78 is 10.6. The average molecular weight is 341 g/mol. The zero-order chi connectivity index (χ0) is 18.7. The van der Waals surface area contributed by atoms with Crippen LogP contribution < -0.4 is 14.8 Å². The van der Waals surface area contributed by atoms with E-state index in [9.17, 15) is 0 Å². The number of nitrogens with one attached hydrogen (secondary N) is 1. The second-order valence-electron chi connectivity index (χ2n) is 5.41. The van der Waals surface area contributed by atoms with Crippen LogP contribution >= 0.6 is 0 Å². The van der Waals surface area contributed by atoms with Crippen molar-refractivity contribution in [3.05, 3.63) is 65.2 Å². The maximum absolute atomic E-state index is 5.32. The van der Waals surface area contributed by atoms with Crippen LogP contribution in [0.5, 0.6) is 11.5 Å². The van der Waals surface area contributed by atoms with Crippen LogP contribution in [0.25, 0.3) is 5.70 Å². The minimum atomic E-state index is 0.824. The van der Waals surface area contributed by atoms with Gasteiger partial charge in [0.05, 0.1) is 14.2 Å². The molecule has 2 aromatic carbocycles. The second kappa shape index (κ2) is 11.2. The maximum atomic E-state index is 5.32. The predicted octanol–water partition coefficient (Wildman–Crippen LogP) is 5.23. The average Bonchev–Trinajstić information content (AvgIpc) is 2.67. The van der Waals surface area contributed by atoms with Gasteiger partial charge in [-0.15, -0.1) is 0 Å². The molecule has 0 amide bonds. The Hall–Kier alpha value is -2.42. The number of hydrogen-bond donors (Lipinski definition) is 1. The molecule has 0 saturated carbocycles. The van der Waals surface area contributed by atoms with E-state index in [1.807, 2.05) is 32.0 Å². The van der Waals surface area contributed by atoms with Crippen molar-refractivity contribution in [2.45, 2.75) is 34.1 Å². The molecule has 25 heavy (non-hydrogen) atoms. The highest BCUT2D eigenvalue weighted by Crippen LogP contribution is 2.23. The molecule has 0 aliphatic carbocycles. The Morgan fingerprint density at radius 2 is 1.60 bits per heavy atom. The third-order valence-electron chi connectivity index (χ3n) is 3.86. The molecule has 1 N–H and O–H groups in total. The molecule has 136 valence electrons. The molecule has 0 atom stereocenters. The molecule has 2 rings (SSSR count). The van der Waals surface area contributed by atoms with Gasteiger partial charge in [0.2, 0.25) is 0 Å². The highest BCUT2D eigenvalue weighted by molar-refractivity contribution is 5.66. The van der Waals surface area contributed by atoms with Crippen LogP contribution in [0.1, 0.15) is 37.5 Å². The number of benzene rings is 2. The lowest BCUT2D eigenvalue weighted by Gasteiger charge is -2.14. The van der Waals surface area contributed by atoms with E-state index < -0.39 is 0 Å². The fraction of sp³-hybridized carbons (Fsp3) is 0.364. The van der Waals surface area contributed by atoms with Gasteiger partial charge in [-0.05, 0) is 43.5 Å². The molecule has 2 aromatic rings. The number of ether oxygens (including phenoxy) is 2. The van der Waals surface area contributed by atoms with Crippen LogP contribution in [-0.2, 0) is 6.42 Å². The van der Waals surface area contributed by atoms with Crippen molar-refractivity contribution in [2.24, 2.45) is 0 Å². The zero-order valence-corrected chi connectivity index (χ0v) is 16.3. The summed E-state index contributed by atoms with van der Waals surface area (Å²) in [5.41, 5.74) is 4.88. The van der Waals surface area contributed by atoms with Gasteiger partial charge in [-0.25, -0.2) is 0 Å². The van der Waals surface area contributed by atoms with Crippen molar-refractivity contribution >= 4 is 5.70 Å². The van der Waals surface area contributed by atoms with E-state index >= 15 is 0 Å². The van der Waals surface area contributed by atoms with E-state index in [2.05, 4.69) is 49.5 Å². The summed E-state index contributed by atoms with van der Waals surface area (Å²) in [4.78, 5) is 0. The monoisotopic (exact) mass is 341 g/mol. The normalized spacial score (nSPS) is 10.6. The first-order valence-corrected chi connectivity index (χ1v) is 8.86. The molecule has 0 fully saturated rings. The van der Waals surface area contributed by atoms with Crippen molar-refractivity contribution < 1.29 is 9.47 Å². The van der Waals surface area contributed by atoms with Crippen LogP contribution in [0.15, 0.2) is 48.5 Å². The molecule has 0 aliphatic rings. The Balaban J connectivity index is 0.00000151. The van der Waals surface area contributed by atoms with Crippen molar-refractivity contribution in [3.8, 4) is 11.5 Å². The molecule has 0 bridgehead atoms. The van der Waals surface area contributed by atoms with Crippen molar-refractivity contribution in [1.29, 1.82) is 0 Å². The summed E-state index contributed by atoms with van der Waals surface area (Å²) in [6.07, 6.45) is 3.02. The van der Waals surface area contributed by atoms with Gasteiger partial charge >= 0.3 is 0 Å². The molecule has 0 aromatic heterocycles. The van der Waals surface area contributed by atoms with Gasteiger partial charge in [0.15, 0.2) is 0 Å². The molecule has 0 radical (unpaired) electrons. The number of methoxy groups -OCH3 is 2. The molecule has 3 heteroatoms. The van der Waals surface area contributed by atoms with Crippen molar-refractivity contribution in [1.82, 2.24) is 5.32 Å². The Morgan fingerprint density at radius 3 is 2.12 bits per heavy atom. The summed E-state index contributed by atoms with van der Waals surface area (Å²) in [6.45, 7) is 9.04. The zero-order valence-electron chi connectivity index (χ0n) is 16.3. The molecule has 0 unspecified atom stereocenters. The highest BCUT2D eigenvalue weighted by Gasteiger charge is 2.05. The number of hydrogen-bond acceptors (Lipinski definition) is 3. The van der Waals surface area contributed by atoms with Gasteiger partial charge in [-0.3, -0.25) is 0 Å². The fourth-order valence-electron chi connectivity index (χ4n) is 2.58. The molecule has 0 aliphatic heterocycles. The Labute approximate surface area is 152 Å². The number of rotatable bonds is 7. The molecule has 0 saturated heterocycles. The van der Waals surface area contributed by atoms with Crippen LogP contribution in [0.2, 0.25) is 0 Å². The maximum Gasteiger partial charge on any atom is 0.122 e. The first-order chi connectivity index (χ1) is 12.2. The van der Waals surface area contributed by atoms with Crippen molar-refractivity contribution in [2.75, 3.05) is 20.8 Å². The summed E-state index contributed by atoms with van der Waals surface area (Å²) >= 11 is 0. The first-order valence-electron chi connectivity index (χ1n) is 8.86. The van der Waals surface area contributed by atoms with E-state index in [4.69, 9.17) is 9.47 Å². The summed E-state index contributed by atoms with van der Waals surface area (Å²) in [6, 6.07) is 14.4. The lowest BCUT2D eigenvalue weighted by molar-refractivity contribution is 0.393. The molecule has 3 nitrogen and oxygen atoms in total. The number of aryl methyl sites for hydroxylation is 1. The standard InChI is InChI=1S/C20H25NO2.C2H6/c1-5-20(19-9-7-6-8-15(19)2)21-11-10-16-12-17(22-3)14-18(13-16)23-4;1-2/h5-9,12-14,21H,10-11H2,1-4H3;1-2H3/b20-5+;. The highest BCUT2D eigenvalue weighted by atomic mass is 16.5. The van der Waals surface area contributed by atoms with Gasteiger partial charge in [-0.2, -0.15) is 0 Å². The minimum absolute atomic E-state index is 0.824. The third kappa shape index (κ3) is 6.18. The van der Waals surface area contributed by atoms with Gasteiger partial charge < -0.3 is 14.8 Å². The van der Waals surface area contributed by atoms with Crippen LogP contribution in [0.3, 0.4) is 0 Å². The van der Waals surface area contributed by atoms with Crippen LogP contribution in [-0.4, -0.2) is 20.8 Å². The fourth-order valence-corrected chi connectivity index (χ4v) is 2.58. The summed E-state index contributed by atoms with van der Waals surface area (Å²) in [5.74, 6) is 1.65. The quantitative estimate of drug-likeness (QED) is 0.748. The van der Waals surface area contributed by atoms with Gasteiger partial charge in [-0.1, -0.05) is 44.2 Å². The Morgan fingerprint density at radius 1 is 1.00 bits per heavy atom. The van der Waals surface area contributed by atoms with Gasteiger partial charge in [0.25, 0.3) is 0 Å². The van der Waals surface area contributed by atoms with Gasteiger partial charge in [0.1, 0.15) is 11.5 Å². The van der Waals surface area contributed by atoms with Crippen LogP contribution in [0, 0.1) is 6.92 Å². The predicted molar refractivity (Wildman–Crippen MR) is 107 cm³/mol. The summed E-state index contributed by atoms with van der Waals surface area (Å²) in [5, 5.41) is 3.53. The largest absolute Gasteiger partial charge is 0.497 e. The molecular formula is C22H31NO2. The molecule has 0 spiro atoms. The second-order valence-corrected chi connectivity index (χ2v) is 5.41. The SMILES string of the molecule is C/C=C(/NCCc1cc(OC)cc(OC)c1)c1ccccc1C.CC. The smallest absolute Gasteiger partial charge is 0.122 e. The van der Waals surface area contributed by atoms with E-state index in [0.717, 1.165) is 30.2 Å². The first kappa shape index (κ1) is 20.6. The molecule has 0 heterocycles. The van der Waals surface area contributed by atoms with Gasteiger partial charge in [0, 0.05) is 23.9 Å². The lowest BCUT2D eigenvalue weighted by atomic mass is 10.1. The summed E-state index contributed by atoms with van der Waals surface area (Å²) in [7, 11) is 3.35. The topological polar surface area (TPSA) is 30.5 Å². The minimum Gasteiger partial charge on any atom is -0.497 e.